The number of likely N-dealkylation sites (tertiary alicyclic amines) is 1. The number of rotatable bonds is 3. The topological polar surface area (TPSA) is 47.0 Å². The molecule has 3 atom stereocenters. The predicted octanol–water partition coefficient (Wildman–Crippen LogP) is 2.45. The van der Waals surface area contributed by atoms with Gasteiger partial charge in [0.05, 0.1) is 5.60 Å². The number of piperazine rings is 1. The molecule has 0 spiro atoms. The Bertz CT molecular complexity index is 669. The number of carbonyl (C=O) groups excluding carboxylic acids is 1. The van der Waals surface area contributed by atoms with Gasteiger partial charge in [-0.3, -0.25) is 4.79 Å². The van der Waals surface area contributed by atoms with Gasteiger partial charge in [-0.25, -0.2) is 0 Å². The van der Waals surface area contributed by atoms with Gasteiger partial charge in [0.25, 0.3) is 5.91 Å². The van der Waals surface area contributed by atoms with E-state index in [1.165, 1.54) is 5.69 Å². The average molecular weight is 372 g/mol. The molecule has 0 aromatic heterocycles. The summed E-state index contributed by atoms with van der Waals surface area (Å²) in [5.74, 6) is 0.815. The average Bonchev–Trinajstić information content (AvgIpc) is 3.14. The first-order chi connectivity index (χ1) is 13.0. The van der Waals surface area contributed by atoms with Crippen LogP contribution in [0.1, 0.15) is 43.0 Å². The third-order valence-electron chi connectivity index (χ3n) is 7.20. The van der Waals surface area contributed by atoms with E-state index in [0.29, 0.717) is 12.5 Å². The highest BCUT2D eigenvalue weighted by molar-refractivity contribution is 5.94. The van der Waals surface area contributed by atoms with Gasteiger partial charge in [0.2, 0.25) is 0 Å². The number of nitrogens with zero attached hydrogens (tertiary/aromatic N) is 3. The van der Waals surface area contributed by atoms with E-state index >= 15 is 0 Å². The minimum absolute atomic E-state index is 0.118. The zero-order chi connectivity index (χ0) is 19.0. The molecule has 1 aliphatic carbocycles. The maximum atomic E-state index is 13.0. The molecule has 0 unspecified atom stereocenters. The van der Waals surface area contributed by atoms with Gasteiger partial charge in [-0.1, -0.05) is 13.3 Å². The molecule has 0 radical (unpaired) electrons. The number of hydrogen-bond donors (Lipinski definition) is 1. The highest BCUT2D eigenvalue weighted by Gasteiger charge is 2.48. The molecular weight excluding hydrogens is 338 g/mol. The number of hydrogen-bond acceptors (Lipinski definition) is 4. The lowest BCUT2D eigenvalue weighted by atomic mass is 9.69. The van der Waals surface area contributed by atoms with Crippen molar-refractivity contribution in [3.8, 4) is 0 Å². The van der Waals surface area contributed by atoms with Crippen molar-refractivity contribution < 1.29 is 9.90 Å². The molecular formula is C22H33N3O2. The second-order valence-electron chi connectivity index (χ2n) is 8.76. The molecule has 1 aromatic rings. The first kappa shape index (κ1) is 18.8. The van der Waals surface area contributed by atoms with E-state index in [1.54, 1.807) is 0 Å². The Morgan fingerprint density at radius 1 is 1.15 bits per heavy atom. The second kappa shape index (κ2) is 7.44. The van der Waals surface area contributed by atoms with Crippen LogP contribution in [-0.2, 0) is 0 Å². The third-order valence-corrected chi connectivity index (χ3v) is 7.20. The molecule has 1 saturated carbocycles. The van der Waals surface area contributed by atoms with Crippen LogP contribution in [0.5, 0.6) is 0 Å². The van der Waals surface area contributed by atoms with Gasteiger partial charge in [-0.05, 0) is 56.5 Å². The minimum Gasteiger partial charge on any atom is -0.390 e. The van der Waals surface area contributed by atoms with Crippen LogP contribution in [-0.4, -0.2) is 72.7 Å². The van der Waals surface area contributed by atoms with E-state index < -0.39 is 5.60 Å². The Labute approximate surface area is 162 Å². The molecule has 2 saturated heterocycles. The van der Waals surface area contributed by atoms with E-state index in [0.717, 1.165) is 64.0 Å². The molecule has 1 amide bonds. The molecule has 2 heterocycles. The van der Waals surface area contributed by atoms with Crippen molar-refractivity contribution in [2.24, 2.45) is 11.8 Å². The number of aliphatic hydroxyl groups is 1. The van der Waals surface area contributed by atoms with E-state index in [-0.39, 0.29) is 11.8 Å². The number of likely N-dealkylation sites (N-methyl/N-ethyl adjacent to an activating group) is 1. The van der Waals surface area contributed by atoms with Gasteiger partial charge in [0.15, 0.2) is 0 Å². The highest BCUT2D eigenvalue weighted by atomic mass is 16.3. The first-order valence-electron chi connectivity index (χ1n) is 10.6. The Balaban J connectivity index is 1.43. The normalized spacial score (nSPS) is 31.8. The molecule has 4 rings (SSSR count). The molecule has 3 fully saturated rings. The summed E-state index contributed by atoms with van der Waals surface area (Å²) < 4.78 is 0. The molecule has 148 valence electrons. The van der Waals surface area contributed by atoms with Crippen LogP contribution < -0.4 is 4.90 Å². The van der Waals surface area contributed by atoms with Crippen molar-refractivity contribution in [2.75, 3.05) is 51.2 Å². The quantitative estimate of drug-likeness (QED) is 0.887. The van der Waals surface area contributed by atoms with Gasteiger partial charge in [0, 0.05) is 56.4 Å². The Hall–Kier alpha value is -1.59. The molecule has 5 heteroatoms. The summed E-state index contributed by atoms with van der Waals surface area (Å²) in [4.78, 5) is 19.8. The van der Waals surface area contributed by atoms with E-state index in [2.05, 4.69) is 35.9 Å². The maximum Gasteiger partial charge on any atom is 0.253 e. The van der Waals surface area contributed by atoms with Crippen LogP contribution >= 0.6 is 0 Å². The highest BCUT2D eigenvalue weighted by Crippen LogP contribution is 2.44. The van der Waals surface area contributed by atoms with Gasteiger partial charge in [-0.2, -0.15) is 0 Å². The number of anilines is 1. The second-order valence-corrected chi connectivity index (χ2v) is 8.76. The van der Waals surface area contributed by atoms with Gasteiger partial charge in [0.1, 0.15) is 0 Å². The fourth-order valence-electron chi connectivity index (χ4n) is 5.30. The lowest BCUT2D eigenvalue weighted by Gasteiger charge is -2.40. The molecule has 1 N–H and O–H groups in total. The number of carbonyl (C=O) groups is 1. The summed E-state index contributed by atoms with van der Waals surface area (Å²) >= 11 is 0. The van der Waals surface area contributed by atoms with Crippen molar-refractivity contribution in [2.45, 2.75) is 38.2 Å². The molecule has 5 nitrogen and oxygen atoms in total. The first-order valence-corrected chi connectivity index (χ1v) is 10.6. The summed E-state index contributed by atoms with van der Waals surface area (Å²) in [5.41, 5.74) is 1.39. The fraction of sp³-hybridized carbons (Fsp3) is 0.682. The largest absolute Gasteiger partial charge is 0.390 e. The molecule has 27 heavy (non-hydrogen) atoms. The Morgan fingerprint density at radius 3 is 2.52 bits per heavy atom. The van der Waals surface area contributed by atoms with Crippen LogP contribution in [0.2, 0.25) is 0 Å². The van der Waals surface area contributed by atoms with Gasteiger partial charge >= 0.3 is 0 Å². The third kappa shape index (κ3) is 3.59. The van der Waals surface area contributed by atoms with Crippen LogP contribution in [0.4, 0.5) is 5.69 Å². The summed E-state index contributed by atoms with van der Waals surface area (Å²) in [6.45, 7) is 7.81. The van der Waals surface area contributed by atoms with Gasteiger partial charge in [-0.15, -0.1) is 0 Å². The maximum absolute atomic E-state index is 13.0. The van der Waals surface area contributed by atoms with Crippen molar-refractivity contribution in [1.29, 1.82) is 0 Å². The summed E-state index contributed by atoms with van der Waals surface area (Å²) in [5, 5.41) is 11.0. The van der Waals surface area contributed by atoms with Crippen LogP contribution in [0.15, 0.2) is 24.3 Å². The van der Waals surface area contributed by atoms with Crippen LogP contribution in [0.25, 0.3) is 0 Å². The molecule has 0 bridgehead atoms. The monoisotopic (exact) mass is 371 g/mol. The fourth-order valence-corrected chi connectivity index (χ4v) is 5.30. The van der Waals surface area contributed by atoms with Crippen LogP contribution in [0.3, 0.4) is 0 Å². The van der Waals surface area contributed by atoms with E-state index in [9.17, 15) is 9.90 Å². The zero-order valence-corrected chi connectivity index (χ0v) is 16.7. The summed E-state index contributed by atoms with van der Waals surface area (Å²) in [6.07, 6.45) is 3.88. The molecule has 1 aromatic carbocycles. The van der Waals surface area contributed by atoms with Crippen molar-refractivity contribution in [3.63, 3.8) is 0 Å². The standard InChI is InChI=1S/C22H33N3O2/c1-3-22(27)10-4-5-18-15-25(16-20(18)22)21(26)17-6-8-19(9-7-17)24-13-11-23(2)12-14-24/h6-9,18,20,27H,3-5,10-16H2,1-2H3/t18-,20+,22-/m0/s1. The summed E-state index contributed by atoms with van der Waals surface area (Å²) in [7, 11) is 2.16. The van der Waals surface area contributed by atoms with E-state index in [4.69, 9.17) is 0 Å². The van der Waals surface area contributed by atoms with Crippen LogP contribution in [0, 0.1) is 11.8 Å². The summed E-state index contributed by atoms with van der Waals surface area (Å²) in [6, 6.07) is 8.13. The lowest BCUT2D eigenvalue weighted by Crippen LogP contribution is -2.44. The van der Waals surface area contributed by atoms with Crippen molar-refractivity contribution in [1.82, 2.24) is 9.80 Å². The van der Waals surface area contributed by atoms with Crippen molar-refractivity contribution in [3.05, 3.63) is 29.8 Å². The minimum atomic E-state index is -0.580. The predicted molar refractivity (Wildman–Crippen MR) is 108 cm³/mol. The number of fused-ring (bicyclic) bond motifs is 1. The number of amides is 1. The Kier molecular flexibility index (Phi) is 5.17. The Morgan fingerprint density at radius 2 is 1.85 bits per heavy atom. The SMILES string of the molecule is CC[C@]1(O)CCC[C@H]2CN(C(=O)c3ccc(N4CCN(C)CC4)cc3)C[C@H]21. The van der Waals surface area contributed by atoms with Crippen molar-refractivity contribution >= 4 is 11.6 Å². The van der Waals surface area contributed by atoms with Gasteiger partial charge < -0.3 is 19.8 Å². The number of benzene rings is 1. The zero-order valence-electron chi connectivity index (χ0n) is 16.7. The molecule has 2 aliphatic heterocycles. The smallest absolute Gasteiger partial charge is 0.253 e. The lowest BCUT2D eigenvalue weighted by molar-refractivity contribution is -0.0609. The van der Waals surface area contributed by atoms with E-state index in [1.807, 2.05) is 17.0 Å². The molecule has 3 aliphatic rings.